The molecule has 0 aromatic heterocycles. The van der Waals surface area contributed by atoms with E-state index in [-0.39, 0.29) is 25.3 Å². The lowest BCUT2D eigenvalue weighted by Crippen LogP contribution is -2.33. The van der Waals surface area contributed by atoms with Gasteiger partial charge in [0, 0.05) is 12.6 Å². The molecule has 1 unspecified atom stereocenters. The van der Waals surface area contributed by atoms with Gasteiger partial charge < -0.3 is 10.4 Å². The molecule has 2 aromatic rings. The van der Waals surface area contributed by atoms with Gasteiger partial charge in [-0.05, 0) is 30.5 Å². The normalized spacial score (nSPS) is 13.4. The van der Waals surface area contributed by atoms with E-state index in [2.05, 4.69) is 5.32 Å². The number of carbonyl (C=O) groups is 1. The van der Waals surface area contributed by atoms with Crippen molar-refractivity contribution < 1.29 is 18.7 Å². The lowest BCUT2D eigenvalue weighted by molar-refractivity contribution is -0.125. The molecular weight excluding hydrogens is 300 g/mol. The van der Waals surface area contributed by atoms with Crippen LogP contribution >= 0.6 is 0 Å². The SMILES string of the molecule is CC(O)(CC(=O)NCCc1ccc(F)cc1F)c1ccccc1. The number of benzene rings is 2. The highest BCUT2D eigenvalue weighted by Crippen LogP contribution is 2.23. The Hall–Kier alpha value is -2.27. The van der Waals surface area contributed by atoms with Crippen LogP contribution in [0, 0.1) is 11.6 Å². The minimum atomic E-state index is -1.27. The van der Waals surface area contributed by atoms with Crippen molar-refractivity contribution in [3.63, 3.8) is 0 Å². The zero-order chi connectivity index (χ0) is 16.9. The van der Waals surface area contributed by atoms with Gasteiger partial charge >= 0.3 is 0 Å². The Labute approximate surface area is 134 Å². The molecule has 2 aromatic carbocycles. The van der Waals surface area contributed by atoms with Gasteiger partial charge in [-0.1, -0.05) is 36.4 Å². The third-order valence-corrected chi connectivity index (χ3v) is 3.63. The fourth-order valence-electron chi connectivity index (χ4n) is 2.34. The summed E-state index contributed by atoms with van der Waals surface area (Å²) in [4.78, 5) is 11.9. The summed E-state index contributed by atoms with van der Waals surface area (Å²) in [5.74, 6) is -1.59. The third kappa shape index (κ3) is 4.86. The summed E-state index contributed by atoms with van der Waals surface area (Å²) in [6.45, 7) is 1.79. The summed E-state index contributed by atoms with van der Waals surface area (Å²) in [5, 5.41) is 13.0. The summed E-state index contributed by atoms with van der Waals surface area (Å²) in [6.07, 6.45) is 0.161. The fraction of sp³-hybridized carbons (Fsp3) is 0.278. The molecule has 0 radical (unpaired) electrons. The minimum absolute atomic E-state index is 0.0943. The maximum Gasteiger partial charge on any atom is 0.223 e. The standard InChI is InChI=1S/C18H19F2NO2/c1-18(23,14-5-3-2-4-6-14)12-17(22)21-10-9-13-7-8-15(19)11-16(13)20/h2-8,11,23H,9-10,12H2,1H3,(H,21,22). The van der Waals surface area contributed by atoms with Gasteiger partial charge in [-0.15, -0.1) is 0 Å². The van der Waals surface area contributed by atoms with Crippen LogP contribution in [0.4, 0.5) is 8.78 Å². The molecule has 0 heterocycles. The minimum Gasteiger partial charge on any atom is -0.385 e. The summed E-state index contributed by atoms with van der Waals surface area (Å²) in [5.41, 5.74) is -0.284. The zero-order valence-electron chi connectivity index (χ0n) is 12.9. The van der Waals surface area contributed by atoms with Gasteiger partial charge in [-0.25, -0.2) is 8.78 Å². The number of carbonyl (C=O) groups excluding carboxylic acids is 1. The summed E-state index contributed by atoms with van der Waals surface area (Å²) in [6, 6.07) is 12.3. The molecule has 122 valence electrons. The van der Waals surface area contributed by atoms with Gasteiger partial charge in [0.05, 0.1) is 12.0 Å². The van der Waals surface area contributed by atoms with E-state index in [1.165, 1.54) is 12.1 Å². The molecule has 0 fully saturated rings. The van der Waals surface area contributed by atoms with Crippen molar-refractivity contribution >= 4 is 5.91 Å². The molecule has 0 spiro atoms. The molecule has 2 rings (SSSR count). The van der Waals surface area contributed by atoms with Crippen LogP contribution < -0.4 is 5.32 Å². The average molecular weight is 319 g/mol. The molecule has 5 heteroatoms. The van der Waals surface area contributed by atoms with Crippen LogP contribution in [0.25, 0.3) is 0 Å². The van der Waals surface area contributed by atoms with E-state index in [1.807, 2.05) is 6.07 Å². The van der Waals surface area contributed by atoms with E-state index >= 15 is 0 Å². The lowest BCUT2D eigenvalue weighted by Gasteiger charge is -2.23. The van der Waals surface area contributed by atoms with Crippen LogP contribution in [0.3, 0.4) is 0 Å². The largest absolute Gasteiger partial charge is 0.385 e. The monoisotopic (exact) mass is 319 g/mol. The number of rotatable bonds is 6. The number of hydrogen-bond acceptors (Lipinski definition) is 2. The van der Waals surface area contributed by atoms with Crippen molar-refractivity contribution in [2.24, 2.45) is 0 Å². The van der Waals surface area contributed by atoms with E-state index in [9.17, 15) is 18.7 Å². The number of hydrogen-bond donors (Lipinski definition) is 2. The average Bonchev–Trinajstić information content (AvgIpc) is 2.50. The highest BCUT2D eigenvalue weighted by atomic mass is 19.1. The first-order valence-electron chi connectivity index (χ1n) is 7.37. The summed E-state index contributed by atoms with van der Waals surface area (Å²) < 4.78 is 26.3. The Morgan fingerprint density at radius 2 is 1.87 bits per heavy atom. The Kier molecular flexibility index (Phi) is 5.45. The molecule has 0 saturated heterocycles. The molecule has 0 aliphatic heterocycles. The van der Waals surface area contributed by atoms with Crippen molar-refractivity contribution in [2.45, 2.75) is 25.4 Å². The van der Waals surface area contributed by atoms with E-state index in [1.54, 1.807) is 31.2 Å². The zero-order valence-corrected chi connectivity index (χ0v) is 12.9. The quantitative estimate of drug-likeness (QED) is 0.860. The van der Waals surface area contributed by atoms with Gasteiger partial charge in [0.25, 0.3) is 0 Å². The first kappa shape index (κ1) is 17.1. The Morgan fingerprint density at radius 1 is 1.17 bits per heavy atom. The summed E-state index contributed by atoms with van der Waals surface area (Å²) in [7, 11) is 0. The molecule has 1 amide bonds. The fourth-order valence-corrected chi connectivity index (χ4v) is 2.34. The lowest BCUT2D eigenvalue weighted by atomic mass is 9.92. The molecule has 1 atom stereocenters. The van der Waals surface area contributed by atoms with Crippen molar-refractivity contribution in [3.05, 3.63) is 71.3 Å². The smallest absolute Gasteiger partial charge is 0.223 e. The maximum absolute atomic E-state index is 13.5. The van der Waals surface area contributed by atoms with Crippen molar-refractivity contribution in [1.29, 1.82) is 0 Å². The van der Waals surface area contributed by atoms with Gasteiger partial charge in [0.1, 0.15) is 11.6 Å². The molecule has 3 nitrogen and oxygen atoms in total. The number of nitrogens with one attached hydrogen (secondary N) is 1. The van der Waals surface area contributed by atoms with E-state index in [0.29, 0.717) is 11.1 Å². The molecule has 23 heavy (non-hydrogen) atoms. The van der Waals surface area contributed by atoms with Crippen molar-refractivity contribution in [1.82, 2.24) is 5.32 Å². The molecule has 0 aliphatic carbocycles. The predicted molar refractivity (Wildman–Crippen MR) is 83.7 cm³/mol. The third-order valence-electron chi connectivity index (χ3n) is 3.63. The van der Waals surface area contributed by atoms with Crippen LogP contribution in [-0.4, -0.2) is 17.6 Å². The van der Waals surface area contributed by atoms with Gasteiger partial charge in [0.2, 0.25) is 5.91 Å². The van der Waals surface area contributed by atoms with Gasteiger partial charge in [-0.3, -0.25) is 4.79 Å². The van der Waals surface area contributed by atoms with E-state index < -0.39 is 17.2 Å². The second-order valence-corrected chi connectivity index (χ2v) is 5.65. The van der Waals surface area contributed by atoms with Crippen molar-refractivity contribution in [3.8, 4) is 0 Å². The van der Waals surface area contributed by atoms with Crippen LogP contribution in [-0.2, 0) is 16.8 Å². The predicted octanol–water partition coefficient (Wildman–Crippen LogP) is 2.92. The topological polar surface area (TPSA) is 49.3 Å². The molecular formula is C18H19F2NO2. The van der Waals surface area contributed by atoms with Crippen LogP contribution in [0.1, 0.15) is 24.5 Å². The van der Waals surface area contributed by atoms with Crippen LogP contribution in [0.5, 0.6) is 0 Å². The second kappa shape index (κ2) is 7.33. The van der Waals surface area contributed by atoms with Crippen molar-refractivity contribution in [2.75, 3.05) is 6.54 Å². The highest BCUT2D eigenvalue weighted by molar-refractivity contribution is 5.77. The maximum atomic E-state index is 13.5. The first-order chi connectivity index (χ1) is 10.9. The molecule has 2 N–H and O–H groups in total. The molecule has 0 bridgehead atoms. The molecule has 0 aliphatic rings. The van der Waals surface area contributed by atoms with E-state index in [0.717, 1.165) is 6.07 Å². The number of halogens is 2. The Balaban J connectivity index is 1.85. The second-order valence-electron chi connectivity index (χ2n) is 5.65. The first-order valence-corrected chi connectivity index (χ1v) is 7.37. The van der Waals surface area contributed by atoms with Crippen LogP contribution in [0.2, 0.25) is 0 Å². The summed E-state index contributed by atoms with van der Waals surface area (Å²) >= 11 is 0. The number of amides is 1. The highest BCUT2D eigenvalue weighted by Gasteiger charge is 2.26. The Morgan fingerprint density at radius 3 is 2.52 bits per heavy atom. The van der Waals surface area contributed by atoms with Crippen LogP contribution in [0.15, 0.2) is 48.5 Å². The number of aliphatic hydroxyl groups is 1. The Bertz CT molecular complexity index is 672. The van der Waals surface area contributed by atoms with Gasteiger partial charge in [0.15, 0.2) is 0 Å². The van der Waals surface area contributed by atoms with E-state index in [4.69, 9.17) is 0 Å². The molecule has 0 saturated carbocycles. The van der Waals surface area contributed by atoms with Gasteiger partial charge in [-0.2, -0.15) is 0 Å².